The molecule has 2 fully saturated rings. The molecule has 0 spiro atoms. The summed E-state index contributed by atoms with van der Waals surface area (Å²) < 4.78 is 5.15. The highest BCUT2D eigenvalue weighted by atomic mass is 16.5. The lowest BCUT2D eigenvalue weighted by Gasteiger charge is -2.30. The van der Waals surface area contributed by atoms with Gasteiger partial charge >= 0.3 is 0 Å². The molecule has 4 heterocycles. The quantitative estimate of drug-likeness (QED) is 0.179. The molecule has 1 aromatic carbocycles. The summed E-state index contributed by atoms with van der Waals surface area (Å²) in [5.74, 6) is -3.02. The Hall–Kier alpha value is -5.25. The summed E-state index contributed by atoms with van der Waals surface area (Å²) in [5.41, 5.74) is 2.18. The van der Waals surface area contributed by atoms with E-state index in [1.54, 1.807) is 19.2 Å². The Kier molecular flexibility index (Phi) is 12.9. The zero-order valence-corrected chi connectivity index (χ0v) is 30.6. The van der Waals surface area contributed by atoms with Crippen LogP contribution in [-0.4, -0.2) is 105 Å². The molecular formula is C37H50N8O8. The van der Waals surface area contributed by atoms with Gasteiger partial charge in [-0.1, -0.05) is 37.2 Å². The van der Waals surface area contributed by atoms with E-state index in [2.05, 4.69) is 36.7 Å². The number of carbonyl (C=O) groups excluding carboxylic acids is 6. The number of aliphatic hydroxyl groups is 1. The number of nitrogens with one attached hydrogen (secondary N) is 6. The number of benzene rings is 1. The van der Waals surface area contributed by atoms with Crippen LogP contribution in [0.3, 0.4) is 0 Å². The van der Waals surface area contributed by atoms with E-state index < -0.39 is 71.8 Å². The number of rotatable bonds is 7. The molecule has 2 saturated heterocycles. The monoisotopic (exact) mass is 734 g/mol. The number of fused-ring (bicyclic) bond motifs is 2. The van der Waals surface area contributed by atoms with Gasteiger partial charge in [-0.2, -0.15) is 0 Å². The number of carbonyl (C=O) groups is 6. The van der Waals surface area contributed by atoms with Crippen molar-refractivity contribution in [1.29, 1.82) is 0 Å². The summed E-state index contributed by atoms with van der Waals surface area (Å²) >= 11 is 0. The fraction of sp³-hybridized carbons (Fsp3) is 0.541. The van der Waals surface area contributed by atoms with Gasteiger partial charge in [0.1, 0.15) is 36.0 Å². The van der Waals surface area contributed by atoms with Crippen molar-refractivity contribution in [3.8, 4) is 0 Å². The second-order valence-electron chi connectivity index (χ2n) is 14.5. The van der Waals surface area contributed by atoms with Crippen molar-refractivity contribution < 1.29 is 38.4 Å². The third kappa shape index (κ3) is 10.2. The third-order valence-corrected chi connectivity index (χ3v) is 9.55. The van der Waals surface area contributed by atoms with E-state index in [-0.39, 0.29) is 51.1 Å². The number of para-hydroxylation sites is 1. The summed E-state index contributed by atoms with van der Waals surface area (Å²) in [5, 5.41) is 29.1. The van der Waals surface area contributed by atoms with E-state index in [0.717, 1.165) is 16.5 Å². The predicted octanol–water partition coefficient (Wildman–Crippen LogP) is 0.517. The molecule has 0 unspecified atom stereocenters. The van der Waals surface area contributed by atoms with Gasteiger partial charge in [0.15, 0.2) is 0 Å². The molecule has 2 aliphatic rings. The van der Waals surface area contributed by atoms with Crippen LogP contribution in [0, 0.1) is 12.8 Å². The van der Waals surface area contributed by atoms with Crippen LogP contribution >= 0.6 is 0 Å². The third-order valence-electron chi connectivity index (χ3n) is 9.55. The Morgan fingerprint density at radius 2 is 1.77 bits per heavy atom. The fourth-order valence-corrected chi connectivity index (χ4v) is 6.85. The second-order valence-corrected chi connectivity index (χ2v) is 14.5. The van der Waals surface area contributed by atoms with E-state index in [0.29, 0.717) is 24.3 Å². The van der Waals surface area contributed by atoms with Crippen LogP contribution in [0.2, 0.25) is 0 Å². The summed E-state index contributed by atoms with van der Waals surface area (Å²) in [7, 11) is 0. The first-order chi connectivity index (χ1) is 25.3. The summed E-state index contributed by atoms with van der Waals surface area (Å²) in [6.45, 7) is 7.14. The summed E-state index contributed by atoms with van der Waals surface area (Å²) in [6, 6.07) is 3.81. The molecule has 2 aromatic heterocycles. The van der Waals surface area contributed by atoms with Crippen LogP contribution in [0.1, 0.15) is 69.9 Å². The second kappa shape index (κ2) is 17.5. The lowest BCUT2D eigenvalue weighted by atomic mass is 10.00. The number of H-pyrrole nitrogens is 1. The molecule has 53 heavy (non-hydrogen) atoms. The van der Waals surface area contributed by atoms with Crippen LogP contribution in [0.15, 0.2) is 41.1 Å². The largest absolute Gasteiger partial charge is 0.391 e. The Labute approximate surface area is 307 Å². The molecule has 16 heteroatoms. The average Bonchev–Trinajstić information content (AvgIpc) is 3.83. The van der Waals surface area contributed by atoms with Crippen molar-refractivity contribution >= 4 is 46.3 Å². The van der Waals surface area contributed by atoms with E-state index in [9.17, 15) is 33.9 Å². The lowest BCUT2D eigenvalue weighted by molar-refractivity contribution is -0.142. The lowest BCUT2D eigenvalue weighted by Crippen LogP contribution is -2.59. The van der Waals surface area contributed by atoms with E-state index >= 15 is 0 Å². The molecule has 286 valence electrons. The van der Waals surface area contributed by atoms with Gasteiger partial charge in [-0.05, 0) is 57.1 Å². The van der Waals surface area contributed by atoms with Crippen LogP contribution in [0.5, 0.6) is 0 Å². The van der Waals surface area contributed by atoms with E-state index in [1.807, 2.05) is 38.1 Å². The van der Waals surface area contributed by atoms with Crippen LogP contribution in [0.25, 0.3) is 10.9 Å². The van der Waals surface area contributed by atoms with Gasteiger partial charge in [-0.15, -0.1) is 0 Å². The number of amides is 6. The normalized spacial score (nSPS) is 25.5. The highest BCUT2D eigenvalue weighted by molar-refractivity contribution is 5.97. The van der Waals surface area contributed by atoms with Crippen molar-refractivity contribution in [2.45, 2.75) is 109 Å². The van der Waals surface area contributed by atoms with Gasteiger partial charge in [0, 0.05) is 49.1 Å². The molecule has 5 rings (SSSR count). The van der Waals surface area contributed by atoms with Crippen molar-refractivity contribution in [2.24, 2.45) is 5.92 Å². The number of hydrogen-bond acceptors (Lipinski definition) is 9. The molecule has 0 aliphatic carbocycles. The number of aliphatic hydroxyl groups excluding tert-OH is 1. The maximum absolute atomic E-state index is 14.1. The summed E-state index contributed by atoms with van der Waals surface area (Å²) in [6.07, 6.45) is 2.05. The number of hydrogen-bond donors (Lipinski definition) is 7. The van der Waals surface area contributed by atoms with Gasteiger partial charge in [-0.3, -0.25) is 28.8 Å². The molecule has 0 bridgehead atoms. The van der Waals surface area contributed by atoms with Gasteiger partial charge in [-0.25, -0.2) is 0 Å². The standard InChI is InChI=1S/C37H50N8O8/c1-20(2)13-30-37(52)45-19-24(46)16-31(45)36(51)38-12-8-7-11-28(41-32(47)17-25-14-21(3)44-53-25)34(49)40-22(4)33(48)42-29(35(50)43-30)15-23-18-39-27-10-6-5-9-26(23)27/h5-6,9-10,14,18,20,22,24,28-31,39,46H,7-8,11-13,15-17,19H2,1-4H3,(H,38,51)(H,40,49)(H,41,47)(H,42,48)(H,43,50)/t22-,24-,28+,29+,30-,31+/m1/s1. The Morgan fingerprint density at radius 3 is 2.51 bits per heavy atom. The van der Waals surface area contributed by atoms with E-state index in [1.165, 1.54) is 11.8 Å². The molecule has 7 N–H and O–H groups in total. The first kappa shape index (κ1) is 39.0. The highest BCUT2D eigenvalue weighted by Gasteiger charge is 2.42. The minimum atomic E-state index is -1.17. The number of aromatic nitrogens is 2. The van der Waals surface area contributed by atoms with Gasteiger partial charge in [0.05, 0.1) is 18.2 Å². The van der Waals surface area contributed by atoms with Crippen LogP contribution in [-0.2, 0) is 41.6 Å². The fourth-order valence-electron chi connectivity index (χ4n) is 6.85. The smallest absolute Gasteiger partial charge is 0.245 e. The molecule has 16 nitrogen and oxygen atoms in total. The first-order valence-electron chi connectivity index (χ1n) is 18.2. The number of aromatic amines is 1. The molecule has 3 aromatic rings. The maximum Gasteiger partial charge on any atom is 0.245 e. The zero-order valence-electron chi connectivity index (χ0n) is 30.6. The minimum absolute atomic E-state index is 0.0316. The molecule has 2 aliphatic heterocycles. The van der Waals surface area contributed by atoms with Gasteiger partial charge < -0.3 is 46.1 Å². The topological polar surface area (TPSA) is 228 Å². The number of nitrogens with zero attached hydrogens (tertiary/aromatic N) is 2. The van der Waals surface area contributed by atoms with Crippen LogP contribution in [0.4, 0.5) is 0 Å². The van der Waals surface area contributed by atoms with Crippen molar-refractivity contribution in [2.75, 3.05) is 13.1 Å². The molecule has 6 amide bonds. The van der Waals surface area contributed by atoms with E-state index in [4.69, 9.17) is 4.52 Å². The van der Waals surface area contributed by atoms with Crippen LogP contribution < -0.4 is 26.6 Å². The van der Waals surface area contributed by atoms with Gasteiger partial charge in [0.2, 0.25) is 35.4 Å². The average molecular weight is 735 g/mol. The Bertz CT molecular complexity index is 1800. The molecular weight excluding hydrogens is 684 g/mol. The Morgan fingerprint density at radius 1 is 1.02 bits per heavy atom. The predicted molar refractivity (Wildman–Crippen MR) is 193 cm³/mol. The number of aryl methyl sites for hydroxylation is 1. The minimum Gasteiger partial charge on any atom is -0.391 e. The summed E-state index contributed by atoms with van der Waals surface area (Å²) in [4.78, 5) is 86.3. The maximum atomic E-state index is 14.1. The molecule has 6 atom stereocenters. The zero-order chi connectivity index (χ0) is 38.2. The highest BCUT2D eigenvalue weighted by Crippen LogP contribution is 2.23. The molecule has 0 saturated carbocycles. The Balaban J connectivity index is 1.42. The van der Waals surface area contributed by atoms with Crippen molar-refractivity contribution in [3.63, 3.8) is 0 Å². The molecule has 0 radical (unpaired) electrons. The first-order valence-corrected chi connectivity index (χ1v) is 18.2. The SMILES string of the molecule is Cc1cc(CC(=O)N[C@H]2CCCCNC(=O)[C@@H]3C[C@@H](O)CN3C(=O)[C@@H](CC(C)C)NC(=O)[C@H](Cc3c[nH]c4ccccc34)NC(=O)[C@@H](C)NC2=O)on1. The van der Waals surface area contributed by atoms with Crippen molar-refractivity contribution in [1.82, 2.24) is 41.6 Å². The van der Waals surface area contributed by atoms with Crippen molar-refractivity contribution in [3.05, 3.63) is 53.5 Å². The van der Waals surface area contributed by atoms with Gasteiger partial charge in [0.25, 0.3) is 0 Å².